The number of hydrogen-bond acceptors (Lipinski definition) is 4. The topological polar surface area (TPSA) is 56.7 Å². The van der Waals surface area contributed by atoms with E-state index in [1.807, 2.05) is 60.7 Å². The second kappa shape index (κ2) is 11.1. The first-order chi connectivity index (χ1) is 26.0. The second-order valence-electron chi connectivity index (χ2n) is 14.4. The molecule has 3 heterocycles. The van der Waals surface area contributed by atoms with Crippen LogP contribution in [0.2, 0.25) is 0 Å². The summed E-state index contributed by atoms with van der Waals surface area (Å²) >= 11 is 0. The van der Waals surface area contributed by atoms with Gasteiger partial charge in [-0.2, -0.15) is 0 Å². The summed E-state index contributed by atoms with van der Waals surface area (Å²) in [5, 5.41) is 4.51. The Kier molecular flexibility index (Phi) is 6.23. The number of furan rings is 1. The molecule has 53 heavy (non-hydrogen) atoms. The summed E-state index contributed by atoms with van der Waals surface area (Å²) in [6, 6.07) is 55.1. The molecule has 0 N–H and O–H groups in total. The maximum absolute atomic E-state index is 6.99. The van der Waals surface area contributed by atoms with Crippen LogP contribution in [0, 0.1) is 0 Å². The summed E-state index contributed by atoms with van der Waals surface area (Å²) in [6.07, 6.45) is 0. The van der Waals surface area contributed by atoms with E-state index in [1.165, 1.54) is 38.5 Å². The van der Waals surface area contributed by atoms with E-state index in [1.54, 1.807) is 0 Å². The monoisotopic (exact) mass is 680 g/mol. The van der Waals surface area contributed by atoms with Crippen molar-refractivity contribution in [3.8, 4) is 51.0 Å². The first-order valence-corrected chi connectivity index (χ1v) is 18.0. The number of rotatable bonds is 4. The van der Waals surface area contributed by atoms with Crippen LogP contribution in [0.5, 0.6) is 0 Å². The predicted molar refractivity (Wildman–Crippen MR) is 215 cm³/mol. The molecule has 250 valence electrons. The third-order valence-corrected chi connectivity index (χ3v) is 11.0. The highest BCUT2D eigenvalue weighted by atomic mass is 16.3. The van der Waals surface area contributed by atoms with Gasteiger partial charge in [-0.1, -0.05) is 141 Å². The number of hydrogen-bond donors (Lipinski definition) is 0. The number of nitrogens with zero attached hydrogens (tertiary/aromatic N) is 4. The molecule has 11 rings (SSSR count). The van der Waals surface area contributed by atoms with Gasteiger partial charge in [-0.25, -0.2) is 15.0 Å². The molecule has 0 saturated carbocycles. The van der Waals surface area contributed by atoms with Gasteiger partial charge in [0.1, 0.15) is 5.58 Å². The lowest BCUT2D eigenvalue weighted by molar-refractivity contribution is 0.663. The number of fused-ring (bicyclic) bond motifs is 11. The van der Waals surface area contributed by atoms with E-state index in [9.17, 15) is 0 Å². The summed E-state index contributed by atoms with van der Waals surface area (Å²) in [5.74, 6) is 1.86. The lowest BCUT2D eigenvalue weighted by atomic mass is 9.81. The Labute approximate surface area is 305 Å². The fraction of sp³-hybridized carbons (Fsp3) is 0.0625. The van der Waals surface area contributed by atoms with Crippen molar-refractivity contribution in [3.63, 3.8) is 0 Å². The average molecular weight is 681 g/mol. The molecule has 3 aromatic heterocycles. The Balaban J connectivity index is 1.17. The molecule has 0 radical (unpaired) electrons. The number of aromatic nitrogens is 4. The van der Waals surface area contributed by atoms with Crippen LogP contribution in [0.1, 0.15) is 25.0 Å². The lowest BCUT2D eigenvalue weighted by Gasteiger charge is -2.23. The zero-order chi connectivity index (χ0) is 35.3. The van der Waals surface area contributed by atoms with E-state index >= 15 is 0 Å². The molecule has 0 aliphatic heterocycles. The molecule has 0 saturated heterocycles. The fourth-order valence-corrected chi connectivity index (χ4v) is 8.58. The summed E-state index contributed by atoms with van der Waals surface area (Å²) < 4.78 is 9.43. The van der Waals surface area contributed by atoms with Crippen molar-refractivity contribution in [2.75, 3.05) is 0 Å². The molecule has 1 aliphatic rings. The third kappa shape index (κ3) is 4.34. The van der Waals surface area contributed by atoms with Crippen molar-refractivity contribution >= 4 is 43.7 Å². The molecule has 5 heteroatoms. The molecule has 0 atom stereocenters. The van der Waals surface area contributed by atoms with E-state index < -0.39 is 0 Å². The van der Waals surface area contributed by atoms with E-state index in [0.29, 0.717) is 17.5 Å². The highest BCUT2D eigenvalue weighted by molar-refractivity contribution is 6.23. The van der Waals surface area contributed by atoms with Crippen molar-refractivity contribution in [2.24, 2.45) is 0 Å². The van der Waals surface area contributed by atoms with Gasteiger partial charge in [0, 0.05) is 49.3 Å². The first kappa shape index (κ1) is 29.8. The molecule has 10 aromatic rings. The summed E-state index contributed by atoms with van der Waals surface area (Å²) in [4.78, 5) is 14.9. The van der Waals surface area contributed by atoms with E-state index in [-0.39, 0.29) is 5.41 Å². The Morgan fingerprint density at radius 3 is 1.72 bits per heavy atom. The average Bonchev–Trinajstić information content (AvgIpc) is 3.84. The van der Waals surface area contributed by atoms with Crippen LogP contribution >= 0.6 is 0 Å². The summed E-state index contributed by atoms with van der Waals surface area (Å²) in [5.41, 5.74) is 12.9. The van der Waals surface area contributed by atoms with Gasteiger partial charge in [-0.15, -0.1) is 0 Å². The Morgan fingerprint density at radius 2 is 1.02 bits per heavy atom. The molecule has 0 unspecified atom stereocenters. The van der Waals surface area contributed by atoms with Crippen LogP contribution in [0.4, 0.5) is 0 Å². The van der Waals surface area contributed by atoms with Crippen LogP contribution in [0.25, 0.3) is 94.7 Å². The highest BCUT2D eigenvalue weighted by Crippen LogP contribution is 2.53. The van der Waals surface area contributed by atoms with Gasteiger partial charge in [0.25, 0.3) is 0 Å². The molecular formula is C48H32N4O. The number of para-hydroxylation sites is 1. The lowest BCUT2D eigenvalue weighted by Crippen LogP contribution is -2.16. The molecular weight excluding hydrogens is 649 g/mol. The van der Waals surface area contributed by atoms with Gasteiger partial charge >= 0.3 is 0 Å². The normalized spacial score (nSPS) is 13.2. The maximum Gasteiger partial charge on any atom is 0.164 e. The SMILES string of the molecule is CC1(C)c2ccccc2-c2ccc3c4ccc5c6ccc(-c7nc(-c8ccccc8)nc(-c8ccccc8)n7)cc6oc5c4n(-c4ccccc4)c3c21. The Hall–Kier alpha value is -6.85. The highest BCUT2D eigenvalue weighted by Gasteiger charge is 2.38. The molecule has 0 amide bonds. The maximum atomic E-state index is 6.99. The van der Waals surface area contributed by atoms with Crippen molar-refractivity contribution in [1.82, 2.24) is 19.5 Å². The smallest absolute Gasteiger partial charge is 0.164 e. The minimum Gasteiger partial charge on any atom is -0.454 e. The molecule has 7 aromatic carbocycles. The van der Waals surface area contributed by atoms with Gasteiger partial charge < -0.3 is 8.98 Å². The molecule has 5 nitrogen and oxygen atoms in total. The van der Waals surface area contributed by atoms with Gasteiger partial charge in [0.2, 0.25) is 0 Å². The van der Waals surface area contributed by atoms with Gasteiger partial charge in [0.15, 0.2) is 23.1 Å². The summed E-state index contributed by atoms with van der Waals surface area (Å²) in [6.45, 7) is 4.71. The van der Waals surface area contributed by atoms with Gasteiger partial charge in [0.05, 0.1) is 11.0 Å². The molecule has 0 spiro atoms. The van der Waals surface area contributed by atoms with Crippen LogP contribution in [-0.4, -0.2) is 19.5 Å². The van der Waals surface area contributed by atoms with E-state index in [0.717, 1.165) is 49.8 Å². The van der Waals surface area contributed by atoms with E-state index in [4.69, 9.17) is 19.4 Å². The fourth-order valence-electron chi connectivity index (χ4n) is 8.58. The standard InChI is InChI=1S/C48H32N4O/c1-48(2)39-21-13-12-20-33(39)35-24-25-36-37-26-27-38-34-23-22-31(28-40(34)53-44(38)43(37)52(42(36)41(35)48)32-18-10-5-11-19-32)47-50-45(29-14-6-3-7-15-29)49-46(51-47)30-16-8-4-9-17-30/h3-28H,1-2H3. The van der Waals surface area contributed by atoms with Gasteiger partial charge in [-0.05, 0) is 52.6 Å². The van der Waals surface area contributed by atoms with Crippen molar-refractivity contribution in [1.29, 1.82) is 0 Å². The summed E-state index contributed by atoms with van der Waals surface area (Å²) in [7, 11) is 0. The van der Waals surface area contributed by atoms with Gasteiger partial charge in [-0.3, -0.25) is 0 Å². The van der Waals surface area contributed by atoms with Crippen LogP contribution in [0.3, 0.4) is 0 Å². The van der Waals surface area contributed by atoms with Crippen molar-refractivity contribution < 1.29 is 4.42 Å². The minimum atomic E-state index is -0.185. The second-order valence-corrected chi connectivity index (χ2v) is 14.4. The van der Waals surface area contributed by atoms with Crippen molar-refractivity contribution in [3.05, 3.63) is 169 Å². The predicted octanol–water partition coefficient (Wildman–Crippen LogP) is 12.2. The minimum absolute atomic E-state index is 0.185. The quantitative estimate of drug-likeness (QED) is 0.186. The zero-order valence-corrected chi connectivity index (χ0v) is 29.2. The molecule has 1 aliphatic carbocycles. The largest absolute Gasteiger partial charge is 0.454 e. The molecule has 0 bridgehead atoms. The Bertz CT molecular complexity index is 3010. The van der Waals surface area contributed by atoms with Crippen LogP contribution < -0.4 is 0 Å². The first-order valence-electron chi connectivity index (χ1n) is 18.0. The zero-order valence-electron chi connectivity index (χ0n) is 29.2. The Morgan fingerprint density at radius 1 is 0.472 bits per heavy atom. The van der Waals surface area contributed by atoms with E-state index in [2.05, 4.69) is 115 Å². The third-order valence-electron chi connectivity index (χ3n) is 11.0. The van der Waals surface area contributed by atoms with Crippen LogP contribution in [-0.2, 0) is 5.41 Å². The number of benzene rings is 7. The van der Waals surface area contributed by atoms with Crippen LogP contribution in [0.15, 0.2) is 162 Å². The molecule has 0 fully saturated rings. The van der Waals surface area contributed by atoms with Crippen molar-refractivity contribution in [2.45, 2.75) is 19.3 Å².